The summed E-state index contributed by atoms with van der Waals surface area (Å²) in [5.41, 5.74) is 0. The van der Waals surface area contributed by atoms with Gasteiger partial charge in [-0.1, -0.05) is 15.9 Å². The normalized spacial score (nSPS) is 26.6. The molecule has 3 nitrogen and oxygen atoms in total. The Labute approximate surface area is 122 Å². The number of nitrogens with one attached hydrogen (secondary N) is 1. The SMILES string of the molecule is Brc1ccc(OCC2CCC(CNC3CC3)O2)cc1. The van der Waals surface area contributed by atoms with E-state index >= 15 is 0 Å². The molecular weight excluding hydrogens is 306 g/mol. The van der Waals surface area contributed by atoms with E-state index in [4.69, 9.17) is 9.47 Å². The second-order valence-electron chi connectivity index (χ2n) is 5.40. The molecule has 104 valence electrons. The molecular formula is C15H20BrNO2. The lowest BCUT2D eigenvalue weighted by Gasteiger charge is -2.15. The lowest BCUT2D eigenvalue weighted by Crippen LogP contribution is -2.29. The van der Waals surface area contributed by atoms with Crippen molar-refractivity contribution in [3.05, 3.63) is 28.7 Å². The van der Waals surface area contributed by atoms with Crippen LogP contribution in [0.5, 0.6) is 5.75 Å². The Kier molecular flexibility index (Phi) is 4.41. The summed E-state index contributed by atoms with van der Waals surface area (Å²) in [6.07, 6.45) is 5.54. The molecule has 1 heterocycles. The van der Waals surface area contributed by atoms with Crippen LogP contribution in [0.15, 0.2) is 28.7 Å². The van der Waals surface area contributed by atoms with Crippen molar-refractivity contribution in [1.82, 2.24) is 5.32 Å². The maximum absolute atomic E-state index is 5.99. The highest BCUT2D eigenvalue weighted by molar-refractivity contribution is 9.10. The molecule has 1 aromatic carbocycles. The third-order valence-electron chi connectivity index (χ3n) is 3.66. The summed E-state index contributed by atoms with van der Waals surface area (Å²) in [5.74, 6) is 0.909. The third-order valence-corrected chi connectivity index (χ3v) is 4.19. The quantitative estimate of drug-likeness (QED) is 0.871. The van der Waals surface area contributed by atoms with E-state index in [0.717, 1.165) is 35.7 Å². The molecule has 0 amide bonds. The van der Waals surface area contributed by atoms with Crippen LogP contribution in [0.4, 0.5) is 0 Å². The number of ether oxygens (including phenoxy) is 2. The number of benzene rings is 1. The van der Waals surface area contributed by atoms with Crippen LogP contribution in [-0.4, -0.2) is 31.4 Å². The Morgan fingerprint density at radius 3 is 2.58 bits per heavy atom. The van der Waals surface area contributed by atoms with Gasteiger partial charge >= 0.3 is 0 Å². The second kappa shape index (κ2) is 6.25. The highest BCUT2D eigenvalue weighted by Gasteiger charge is 2.28. The van der Waals surface area contributed by atoms with Crippen molar-refractivity contribution in [1.29, 1.82) is 0 Å². The van der Waals surface area contributed by atoms with Crippen LogP contribution in [0.25, 0.3) is 0 Å². The maximum atomic E-state index is 5.99. The van der Waals surface area contributed by atoms with Crippen LogP contribution >= 0.6 is 15.9 Å². The molecule has 1 N–H and O–H groups in total. The first-order valence-electron chi connectivity index (χ1n) is 7.07. The molecule has 0 aromatic heterocycles. The fraction of sp³-hybridized carbons (Fsp3) is 0.600. The molecule has 1 saturated heterocycles. The average Bonchev–Trinajstić information content (AvgIpc) is 3.15. The number of hydrogen-bond acceptors (Lipinski definition) is 3. The van der Waals surface area contributed by atoms with Crippen LogP contribution in [-0.2, 0) is 4.74 Å². The number of hydrogen-bond donors (Lipinski definition) is 1. The summed E-state index contributed by atoms with van der Waals surface area (Å²) in [6, 6.07) is 8.71. The van der Waals surface area contributed by atoms with Crippen LogP contribution in [0, 0.1) is 0 Å². The van der Waals surface area contributed by atoms with Crippen LogP contribution in [0.2, 0.25) is 0 Å². The van der Waals surface area contributed by atoms with Crippen LogP contribution in [0.3, 0.4) is 0 Å². The largest absolute Gasteiger partial charge is 0.491 e. The van der Waals surface area contributed by atoms with Gasteiger partial charge in [0.2, 0.25) is 0 Å². The van der Waals surface area contributed by atoms with Gasteiger partial charge < -0.3 is 14.8 Å². The molecule has 1 aliphatic heterocycles. The Morgan fingerprint density at radius 1 is 1.11 bits per heavy atom. The molecule has 1 aromatic rings. The van der Waals surface area contributed by atoms with Crippen LogP contribution < -0.4 is 10.1 Å². The van der Waals surface area contributed by atoms with E-state index in [0.29, 0.717) is 12.7 Å². The second-order valence-corrected chi connectivity index (χ2v) is 6.32. The first-order valence-corrected chi connectivity index (χ1v) is 7.86. The van der Waals surface area contributed by atoms with Gasteiger partial charge in [0, 0.05) is 17.1 Å². The average molecular weight is 326 g/mol. The highest BCUT2D eigenvalue weighted by Crippen LogP contribution is 2.23. The zero-order valence-electron chi connectivity index (χ0n) is 11.0. The molecule has 4 heteroatoms. The van der Waals surface area contributed by atoms with Crippen molar-refractivity contribution in [2.24, 2.45) is 0 Å². The monoisotopic (exact) mass is 325 g/mol. The Bertz CT molecular complexity index is 405. The van der Waals surface area contributed by atoms with Gasteiger partial charge in [-0.15, -0.1) is 0 Å². The zero-order valence-corrected chi connectivity index (χ0v) is 12.6. The van der Waals surface area contributed by atoms with Crippen molar-refractivity contribution in [2.75, 3.05) is 13.2 Å². The van der Waals surface area contributed by atoms with E-state index in [-0.39, 0.29) is 6.10 Å². The smallest absolute Gasteiger partial charge is 0.119 e. The molecule has 1 saturated carbocycles. The van der Waals surface area contributed by atoms with Gasteiger partial charge in [-0.25, -0.2) is 0 Å². The summed E-state index contributed by atoms with van der Waals surface area (Å²) in [4.78, 5) is 0. The van der Waals surface area contributed by atoms with E-state index in [1.54, 1.807) is 0 Å². The molecule has 2 fully saturated rings. The fourth-order valence-corrected chi connectivity index (χ4v) is 2.62. The van der Waals surface area contributed by atoms with Crippen molar-refractivity contribution in [3.8, 4) is 5.75 Å². The Morgan fingerprint density at radius 2 is 1.84 bits per heavy atom. The van der Waals surface area contributed by atoms with Gasteiger partial charge in [0.25, 0.3) is 0 Å². The van der Waals surface area contributed by atoms with Gasteiger partial charge in [0.1, 0.15) is 12.4 Å². The summed E-state index contributed by atoms with van der Waals surface area (Å²) >= 11 is 3.42. The topological polar surface area (TPSA) is 30.5 Å². The van der Waals surface area contributed by atoms with Crippen molar-refractivity contribution < 1.29 is 9.47 Å². The lowest BCUT2D eigenvalue weighted by molar-refractivity contribution is 0.0184. The van der Waals surface area contributed by atoms with E-state index in [9.17, 15) is 0 Å². The zero-order chi connectivity index (χ0) is 13.1. The first kappa shape index (κ1) is 13.4. The van der Waals surface area contributed by atoms with Gasteiger partial charge in [-0.2, -0.15) is 0 Å². The van der Waals surface area contributed by atoms with Crippen LogP contribution in [0.1, 0.15) is 25.7 Å². The van der Waals surface area contributed by atoms with Gasteiger partial charge in [0.15, 0.2) is 0 Å². The summed E-state index contributed by atoms with van der Waals surface area (Å²) in [7, 11) is 0. The summed E-state index contributed by atoms with van der Waals surface area (Å²) in [5, 5.41) is 3.53. The van der Waals surface area contributed by atoms with E-state index in [2.05, 4.69) is 21.2 Å². The van der Waals surface area contributed by atoms with E-state index in [1.165, 1.54) is 12.8 Å². The van der Waals surface area contributed by atoms with Gasteiger partial charge in [0.05, 0.1) is 12.2 Å². The van der Waals surface area contributed by atoms with Crippen molar-refractivity contribution in [3.63, 3.8) is 0 Å². The molecule has 0 bridgehead atoms. The van der Waals surface area contributed by atoms with Crippen molar-refractivity contribution in [2.45, 2.75) is 43.9 Å². The van der Waals surface area contributed by atoms with Crippen molar-refractivity contribution >= 4 is 15.9 Å². The maximum Gasteiger partial charge on any atom is 0.119 e. The minimum Gasteiger partial charge on any atom is -0.491 e. The molecule has 2 aliphatic rings. The minimum atomic E-state index is 0.245. The molecule has 2 atom stereocenters. The number of rotatable bonds is 6. The summed E-state index contributed by atoms with van der Waals surface area (Å²) < 4.78 is 12.8. The molecule has 19 heavy (non-hydrogen) atoms. The predicted octanol–water partition coefficient (Wildman–Crippen LogP) is 3.13. The molecule has 0 spiro atoms. The Hall–Kier alpha value is -0.580. The third kappa shape index (κ3) is 4.20. The van der Waals surface area contributed by atoms with Gasteiger partial charge in [-0.3, -0.25) is 0 Å². The predicted molar refractivity (Wildman–Crippen MR) is 78.6 cm³/mol. The highest BCUT2D eigenvalue weighted by atomic mass is 79.9. The molecule has 3 rings (SSSR count). The number of halogens is 1. The molecule has 1 aliphatic carbocycles. The van der Waals surface area contributed by atoms with Gasteiger partial charge in [-0.05, 0) is 49.9 Å². The first-order chi connectivity index (χ1) is 9.29. The fourth-order valence-electron chi connectivity index (χ4n) is 2.36. The van der Waals surface area contributed by atoms with E-state index in [1.807, 2.05) is 24.3 Å². The minimum absolute atomic E-state index is 0.245. The Balaban J connectivity index is 1.37. The summed E-state index contributed by atoms with van der Waals surface area (Å²) in [6.45, 7) is 1.65. The van der Waals surface area contributed by atoms with E-state index < -0.39 is 0 Å². The lowest BCUT2D eigenvalue weighted by atomic mass is 10.2. The molecule has 2 unspecified atom stereocenters. The standard InChI is InChI=1S/C15H20BrNO2/c16-11-1-5-13(6-2-11)18-10-15-8-7-14(19-15)9-17-12-3-4-12/h1-2,5-6,12,14-15,17H,3-4,7-10H2. The molecule has 0 radical (unpaired) electrons.